The minimum atomic E-state index is 0.0301. The minimum absolute atomic E-state index is 0.0301. The molecule has 0 N–H and O–H groups in total. The summed E-state index contributed by atoms with van der Waals surface area (Å²) in [6, 6.07) is 11.8. The summed E-state index contributed by atoms with van der Waals surface area (Å²) in [5.41, 5.74) is 1.32. The van der Waals surface area contributed by atoms with Gasteiger partial charge in [0.05, 0.1) is 4.88 Å². The van der Waals surface area contributed by atoms with Crippen molar-refractivity contribution in [3.05, 3.63) is 52.2 Å². The molecule has 0 fully saturated rings. The molecule has 0 aliphatic carbocycles. The Hall–Kier alpha value is -1.26. The number of ether oxygens (including phenoxy) is 1. The molecule has 23 heavy (non-hydrogen) atoms. The lowest BCUT2D eigenvalue weighted by atomic mass is 10.1. The largest absolute Gasteiger partial charge is 0.485 e. The van der Waals surface area contributed by atoms with Crippen molar-refractivity contribution < 1.29 is 9.53 Å². The van der Waals surface area contributed by atoms with E-state index in [1.165, 1.54) is 42.6 Å². The number of unbranched alkanes of at least 4 members (excludes halogenated alkanes) is 2. The molecule has 2 rings (SSSR count). The second-order valence-electron chi connectivity index (χ2n) is 5.78. The van der Waals surface area contributed by atoms with Gasteiger partial charge in [-0.3, -0.25) is 4.79 Å². The molecule has 2 nitrogen and oxygen atoms in total. The van der Waals surface area contributed by atoms with Crippen molar-refractivity contribution in [3.63, 3.8) is 0 Å². The summed E-state index contributed by atoms with van der Waals surface area (Å²) in [4.78, 5) is 12.6. The van der Waals surface area contributed by atoms with Gasteiger partial charge in [0.2, 0.25) is 5.78 Å². The maximum atomic E-state index is 11.9. The third-order valence-electron chi connectivity index (χ3n) is 3.68. The van der Waals surface area contributed by atoms with Gasteiger partial charge in [0, 0.05) is 0 Å². The number of carbonyl (C=O) groups excluding carboxylic acids is 1. The van der Waals surface area contributed by atoms with Crippen molar-refractivity contribution in [1.82, 2.24) is 0 Å². The zero-order valence-electron chi connectivity index (χ0n) is 13.5. The predicted octanol–water partition coefficient (Wildman–Crippen LogP) is 5.43. The van der Waals surface area contributed by atoms with Crippen molar-refractivity contribution in [2.45, 2.75) is 44.3 Å². The van der Waals surface area contributed by atoms with E-state index in [4.69, 9.17) is 4.74 Å². The number of rotatable bonds is 10. The summed E-state index contributed by atoms with van der Waals surface area (Å²) in [5, 5.41) is 2.40. The highest BCUT2D eigenvalue weighted by atomic mass is 32.1. The Balaban J connectivity index is 1.69. The standard InChI is InChI=1S/C19H24O2S2/c1-15(22)6-3-2-4-7-16-9-11-17(12-10-16)21-14-18(20)19-8-5-13-23-19/h5,8-13,15,22H,2-4,6-7,14H2,1H3. The molecule has 1 atom stereocenters. The predicted molar refractivity (Wildman–Crippen MR) is 101 cm³/mol. The quantitative estimate of drug-likeness (QED) is 0.352. The molecule has 0 saturated heterocycles. The average Bonchev–Trinajstić information content (AvgIpc) is 3.07. The van der Waals surface area contributed by atoms with Crippen LogP contribution in [0.1, 0.15) is 47.8 Å². The van der Waals surface area contributed by atoms with E-state index in [-0.39, 0.29) is 12.4 Å². The molecule has 0 spiro atoms. The van der Waals surface area contributed by atoms with Crippen LogP contribution >= 0.6 is 24.0 Å². The Morgan fingerprint density at radius 2 is 1.96 bits per heavy atom. The third kappa shape index (κ3) is 6.80. The maximum Gasteiger partial charge on any atom is 0.210 e. The van der Waals surface area contributed by atoms with Crippen LogP contribution in [0.3, 0.4) is 0 Å². The number of ketones is 1. The second kappa shape index (κ2) is 9.78. The highest BCUT2D eigenvalue weighted by Gasteiger charge is 2.07. The Kier molecular flexibility index (Phi) is 7.69. The molecule has 0 aliphatic rings. The fraction of sp³-hybridized carbons (Fsp3) is 0.421. The van der Waals surface area contributed by atoms with Gasteiger partial charge in [-0.05, 0) is 53.7 Å². The molecular formula is C19H24O2S2. The number of aryl methyl sites for hydroxylation is 1. The summed E-state index contributed by atoms with van der Waals surface area (Å²) >= 11 is 5.85. The number of Topliss-reactive ketones (excluding diaryl/α,β-unsaturated/α-hetero) is 1. The van der Waals surface area contributed by atoms with E-state index in [1.54, 1.807) is 0 Å². The number of hydrogen-bond acceptors (Lipinski definition) is 4. The van der Waals surface area contributed by atoms with E-state index in [1.807, 2.05) is 29.6 Å². The Morgan fingerprint density at radius 3 is 2.61 bits per heavy atom. The van der Waals surface area contributed by atoms with Crippen LogP contribution in [-0.2, 0) is 6.42 Å². The van der Waals surface area contributed by atoms with Crippen LogP contribution in [0.25, 0.3) is 0 Å². The smallest absolute Gasteiger partial charge is 0.210 e. The van der Waals surface area contributed by atoms with Gasteiger partial charge in [0.25, 0.3) is 0 Å². The van der Waals surface area contributed by atoms with E-state index in [9.17, 15) is 4.79 Å². The number of hydrogen-bond donors (Lipinski definition) is 1. The van der Waals surface area contributed by atoms with Crippen LogP contribution < -0.4 is 4.74 Å². The molecule has 0 bridgehead atoms. The van der Waals surface area contributed by atoms with E-state index < -0.39 is 0 Å². The van der Waals surface area contributed by atoms with Crippen molar-refractivity contribution in [3.8, 4) is 5.75 Å². The second-order valence-corrected chi connectivity index (χ2v) is 7.61. The first-order chi connectivity index (χ1) is 11.1. The fourth-order valence-electron chi connectivity index (χ4n) is 2.36. The van der Waals surface area contributed by atoms with Gasteiger partial charge in [-0.25, -0.2) is 0 Å². The lowest BCUT2D eigenvalue weighted by Gasteiger charge is -2.07. The SMILES string of the molecule is CC(S)CCCCCc1ccc(OCC(=O)c2cccs2)cc1. The highest BCUT2D eigenvalue weighted by Crippen LogP contribution is 2.16. The van der Waals surface area contributed by atoms with Crippen LogP contribution in [0, 0.1) is 0 Å². The normalized spacial score (nSPS) is 12.1. The molecule has 0 amide bonds. The number of thiol groups is 1. The molecule has 2 aromatic rings. The lowest BCUT2D eigenvalue weighted by Crippen LogP contribution is -2.09. The summed E-state index contributed by atoms with van der Waals surface area (Å²) in [6.45, 7) is 2.24. The van der Waals surface area contributed by atoms with Crippen molar-refractivity contribution in [2.24, 2.45) is 0 Å². The van der Waals surface area contributed by atoms with Gasteiger partial charge in [-0.15, -0.1) is 11.3 Å². The van der Waals surface area contributed by atoms with Gasteiger partial charge in [-0.1, -0.05) is 38.0 Å². The van der Waals surface area contributed by atoms with Crippen LogP contribution in [0.2, 0.25) is 0 Å². The van der Waals surface area contributed by atoms with Gasteiger partial charge in [-0.2, -0.15) is 12.6 Å². The zero-order valence-corrected chi connectivity index (χ0v) is 15.2. The number of carbonyl (C=O) groups is 1. The number of thiophene rings is 1. The van der Waals surface area contributed by atoms with Crippen LogP contribution in [-0.4, -0.2) is 17.6 Å². The van der Waals surface area contributed by atoms with Crippen LogP contribution in [0.15, 0.2) is 41.8 Å². The molecule has 0 saturated carbocycles. The molecule has 0 aliphatic heterocycles. The van der Waals surface area contributed by atoms with Crippen molar-refractivity contribution in [1.29, 1.82) is 0 Å². The van der Waals surface area contributed by atoms with E-state index in [2.05, 4.69) is 31.7 Å². The molecule has 1 aromatic carbocycles. The minimum Gasteiger partial charge on any atom is -0.485 e. The van der Waals surface area contributed by atoms with Crippen LogP contribution in [0.5, 0.6) is 5.75 Å². The first-order valence-electron chi connectivity index (χ1n) is 8.11. The molecule has 124 valence electrons. The topological polar surface area (TPSA) is 26.3 Å². The molecule has 1 unspecified atom stereocenters. The summed E-state index contributed by atoms with van der Waals surface area (Å²) in [5.74, 6) is 0.782. The zero-order chi connectivity index (χ0) is 16.5. The highest BCUT2D eigenvalue weighted by molar-refractivity contribution is 7.80. The summed E-state index contributed by atoms with van der Waals surface area (Å²) < 4.78 is 5.56. The Morgan fingerprint density at radius 1 is 1.17 bits per heavy atom. The maximum absolute atomic E-state index is 11.9. The molecule has 1 heterocycles. The number of benzene rings is 1. The van der Waals surface area contributed by atoms with Crippen LogP contribution in [0.4, 0.5) is 0 Å². The molecular weight excluding hydrogens is 324 g/mol. The van der Waals surface area contributed by atoms with E-state index in [0.717, 1.165) is 17.0 Å². The third-order valence-corrected chi connectivity index (χ3v) is 4.85. The van der Waals surface area contributed by atoms with Gasteiger partial charge >= 0.3 is 0 Å². The van der Waals surface area contributed by atoms with E-state index in [0.29, 0.717) is 5.25 Å². The summed E-state index contributed by atoms with van der Waals surface area (Å²) in [7, 11) is 0. The average molecular weight is 349 g/mol. The molecule has 1 aromatic heterocycles. The van der Waals surface area contributed by atoms with Gasteiger partial charge in [0.15, 0.2) is 6.61 Å². The Bertz CT molecular complexity index is 574. The van der Waals surface area contributed by atoms with Gasteiger partial charge < -0.3 is 4.74 Å². The monoisotopic (exact) mass is 348 g/mol. The first-order valence-corrected chi connectivity index (χ1v) is 9.51. The first kappa shape index (κ1) is 18.1. The fourth-order valence-corrected chi connectivity index (χ4v) is 3.19. The van der Waals surface area contributed by atoms with Gasteiger partial charge in [0.1, 0.15) is 5.75 Å². The Labute approximate surface area is 148 Å². The molecule has 4 heteroatoms. The molecule has 0 radical (unpaired) electrons. The van der Waals surface area contributed by atoms with Crippen molar-refractivity contribution in [2.75, 3.05) is 6.61 Å². The van der Waals surface area contributed by atoms with E-state index >= 15 is 0 Å². The lowest BCUT2D eigenvalue weighted by molar-refractivity contribution is 0.0925. The van der Waals surface area contributed by atoms with Crippen molar-refractivity contribution >= 4 is 29.7 Å². The summed E-state index contributed by atoms with van der Waals surface area (Å²) in [6.07, 6.45) is 5.98.